The Kier molecular flexibility index (Phi) is 2.85. The van der Waals surface area contributed by atoms with E-state index < -0.39 is 15.6 Å². The summed E-state index contributed by atoms with van der Waals surface area (Å²) >= 11 is 0. The zero-order chi connectivity index (χ0) is 15.4. The molecule has 0 saturated heterocycles. The number of rotatable bonds is 1. The molecule has 0 saturated carbocycles. The largest absolute Gasteiger partial charge is 0.289 e. The van der Waals surface area contributed by atoms with Crippen LogP contribution in [0.5, 0.6) is 0 Å². The molecule has 0 aromatic heterocycles. The van der Waals surface area contributed by atoms with Crippen LogP contribution in [-0.4, -0.2) is 26.2 Å². The van der Waals surface area contributed by atoms with Crippen LogP contribution in [-0.2, 0) is 9.84 Å². The Morgan fingerprint density at radius 3 is 2.24 bits per heavy atom. The lowest BCUT2D eigenvalue weighted by Gasteiger charge is -2.19. The van der Waals surface area contributed by atoms with Crippen LogP contribution in [0.25, 0.3) is 0 Å². The van der Waals surface area contributed by atoms with Gasteiger partial charge in [0.05, 0.1) is 10.5 Å². The molecule has 0 radical (unpaired) electrons. The van der Waals surface area contributed by atoms with Gasteiger partial charge in [0.25, 0.3) is 0 Å². The van der Waals surface area contributed by atoms with Gasteiger partial charge in [0.2, 0.25) is 0 Å². The molecule has 5 heteroatoms. The predicted octanol–water partition coefficient (Wildman–Crippen LogP) is 2.17. The van der Waals surface area contributed by atoms with Crippen LogP contribution in [0.1, 0.15) is 37.4 Å². The lowest BCUT2D eigenvalue weighted by atomic mass is 9.83. The molecular formula is C16H12O4S. The van der Waals surface area contributed by atoms with Gasteiger partial charge in [-0.25, -0.2) is 8.42 Å². The minimum atomic E-state index is -3.58. The molecule has 4 nitrogen and oxygen atoms in total. The van der Waals surface area contributed by atoms with E-state index in [0.717, 1.165) is 11.8 Å². The van der Waals surface area contributed by atoms with Crippen LogP contribution < -0.4 is 0 Å². The van der Waals surface area contributed by atoms with Crippen LogP contribution in [0.2, 0.25) is 0 Å². The number of aryl methyl sites for hydroxylation is 1. The first kappa shape index (κ1) is 13.7. The van der Waals surface area contributed by atoms with Gasteiger partial charge in [0.1, 0.15) is 0 Å². The first-order valence-electron chi connectivity index (χ1n) is 6.34. The topological polar surface area (TPSA) is 68.3 Å². The van der Waals surface area contributed by atoms with Gasteiger partial charge in [0, 0.05) is 22.9 Å². The van der Waals surface area contributed by atoms with Crippen molar-refractivity contribution in [3.8, 4) is 0 Å². The molecule has 0 fully saturated rings. The second-order valence-corrected chi connectivity index (χ2v) is 7.14. The fourth-order valence-corrected chi connectivity index (χ4v) is 3.49. The van der Waals surface area contributed by atoms with Gasteiger partial charge in [-0.1, -0.05) is 29.8 Å². The Labute approximate surface area is 122 Å². The number of ketones is 2. The van der Waals surface area contributed by atoms with Crippen molar-refractivity contribution >= 4 is 21.4 Å². The highest BCUT2D eigenvalue weighted by molar-refractivity contribution is 7.90. The molecule has 2 aromatic carbocycles. The van der Waals surface area contributed by atoms with Crippen molar-refractivity contribution in [2.45, 2.75) is 11.8 Å². The molecule has 0 N–H and O–H groups in total. The highest BCUT2D eigenvalue weighted by Gasteiger charge is 2.33. The fourth-order valence-electron chi connectivity index (χ4n) is 2.59. The second kappa shape index (κ2) is 4.36. The molecule has 0 atom stereocenters. The molecule has 0 heterocycles. The van der Waals surface area contributed by atoms with E-state index in [9.17, 15) is 18.0 Å². The van der Waals surface area contributed by atoms with E-state index >= 15 is 0 Å². The second-order valence-electron chi connectivity index (χ2n) is 5.16. The van der Waals surface area contributed by atoms with E-state index in [1.54, 1.807) is 18.2 Å². The summed E-state index contributed by atoms with van der Waals surface area (Å²) in [7, 11) is -3.58. The Balaban J connectivity index is 2.39. The van der Waals surface area contributed by atoms with E-state index in [4.69, 9.17) is 0 Å². The molecule has 106 valence electrons. The summed E-state index contributed by atoms with van der Waals surface area (Å²) in [4.78, 5) is 25.1. The van der Waals surface area contributed by atoms with Crippen LogP contribution in [0.15, 0.2) is 41.3 Å². The highest BCUT2D eigenvalue weighted by atomic mass is 32.2. The molecule has 0 aliphatic heterocycles. The smallest absolute Gasteiger partial charge is 0.195 e. The Bertz CT molecular complexity index is 908. The number of hydrogen-bond donors (Lipinski definition) is 0. The SMILES string of the molecule is Cc1ccc2c(c1)C(=O)c1cccc(S(C)(=O)=O)c1C2=O. The van der Waals surface area contributed by atoms with Crippen LogP contribution in [0.4, 0.5) is 0 Å². The molecule has 0 spiro atoms. The van der Waals surface area contributed by atoms with Crippen molar-refractivity contribution in [1.29, 1.82) is 0 Å². The average molecular weight is 300 g/mol. The molecule has 0 unspecified atom stereocenters. The maximum absolute atomic E-state index is 12.6. The Morgan fingerprint density at radius 2 is 1.57 bits per heavy atom. The minimum absolute atomic E-state index is 0.0126. The number of carbonyl (C=O) groups is 2. The summed E-state index contributed by atoms with van der Waals surface area (Å²) < 4.78 is 23.7. The molecule has 3 rings (SSSR count). The van der Waals surface area contributed by atoms with Gasteiger partial charge in [-0.3, -0.25) is 9.59 Å². The first-order chi connectivity index (χ1) is 9.80. The van der Waals surface area contributed by atoms with Gasteiger partial charge < -0.3 is 0 Å². The zero-order valence-electron chi connectivity index (χ0n) is 11.5. The highest BCUT2D eigenvalue weighted by Crippen LogP contribution is 2.31. The van der Waals surface area contributed by atoms with Crippen molar-refractivity contribution in [2.24, 2.45) is 0 Å². The monoisotopic (exact) mass is 300 g/mol. The van der Waals surface area contributed by atoms with Crippen molar-refractivity contribution in [2.75, 3.05) is 6.26 Å². The molecule has 21 heavy (non-hydrogen) atoms. The lowest BCUT2D eigenvalue weighted by Crippen LogP contribution is -2.23. The summed E-state index contributed by atoms with van der Waals surface area (Å²) in [6.07, 6.45) is 1.03. The first-order valence-corrected chi connectivity index (χ1v) is 8.23. The summed E-state index contributed by atoms with van der Waals surface area (Å²) in [5.74, 6) is -0.727. The third kappa shape index (κ3) is 2.01. The van der Waals surface area contributed by atoms with Gasteiger partial charge in [-0.05, 0) is 19.1 Å². The van der Waals surface area contributed by atoms with Crippen molar-refractivity contribution in [1.82, 2.24) is 0 Å². The van der Waals surface area contributed by atoms with Crippen molar-refractivity contribution in [3.05, 3.63) is 64.2 Å². The molecule has 0 amide bonds. The fraction of sp³-hybridized carbons (Fsp3) is 0.125. The predicted molar refractivity (Wildman–Crippen MR) is 77.6 cm³/mol. The maximum atomic E-state index is 12.6. The van der Waals surface area contributed by atoms with E-state index in [1.165, 1.54) is 18.2 Å². The molecule has 2 aromatic rings. The van der Waals surface area contributed by atoms with Crippen LogP contribution >= 0.6 is 0 Å². The van der Waals surface area contributed by atoms with Gasteiger partial charge in [-0.15, -0.1) is 0 Å². The average Bonchev–Trinajstić information content (AvgIpc) is 2.43. The number of carbonyl (C=O) groups excluding carboxylic acids is 2. The van der Waals surface area contributed by atoms with Gasteiger partial charge >= 0.3 is 0 Å². The van der Waals surface area contributed by atoms with E-state index in [1.807, 2.05) is 6.92 Å². The molecule has 1 aliphatic carbocycles. The lowest BCUT2D eigenvalue weighted by molar-refractivity contribution is 0.0976. The Morgan fingerprint density at radius 1 is 0.857 bits per heavy atom. The van der Waals surface area contributed by atoms with Crippen molar-refractivity contribution < 1.29 is 18.0 Å². The maximum Gasteiger partial charge on any atom is 0.195 e. The number of fused-ring (bicyclic) bond motifs is 2. The van der Waals surface area contributed by atoms with Gasteiger partial charge in [0.15, 0.2) is 21.4 Å². The summed E-state index contributed by atoms with van der Waals surface area (Å²) in [5, 5.41) is 0. The minimum Gasteiger partial charge on any atom is -0.289 e. The summed E-state index contributed by atoms with van der Waals surface area (Å²) in [6, 6.07) is 9.31. The summed E-state index contributed by atoms with van der Waals surface area (Å²) in [5.41, 5.74) is 1.60. The number of hydrogen-bond acceptors (Lipinski definition) is 4. The summed E-state index contributed by atoms with van der Waals surface area (Å²) in [6.45, 7) is 1.83. The quantitative estimate of drug-likeness (QED) is 0.690. The van der Waals surface area contributed by atoms with Crippen LogP contribution in [0, 0.1) is 6.92 Å². The molecular weight excluding hydrogens is 288 g/mol. The van der Waals surface area contributed by atoms with Crippen LogP contribution in [0.3, 0.4) is 0 Å². The zero-order valence-corrected chi connectivity index (χ0v) is 12.3. The Hall–Kier alpha value is -2.27. The van der Waals surface area contributed by atoms with Gasteiger partial charge in [-0.2, -0.15) is 0 Å². The number of sulfone groups is 1. The molecule has 0 bridgehead atoms. The van der Waals surface area contributed by atoms with E-state index in [2.05, 4.69) is 0 Å². The normalized spacial score (nSPS) is 13.8. The van der Waals surface area contributed by atoms with Crippen molar-refractivity contribution in [3.63, 3.8) is 0 Å². The van der Waals surface area contributed by atoms with E-state index in [0.29, 0.717) is 5.56 Å². The third-order valence-electron chi connectivity index (χ3n) is 3.56. The third-order valence-corrected chi connectivity index (χ3v) is 4.70. The standard InChI is InChI=1S/C16H12O4S/c1-9-6-7-10-12(8-9)15(17)11-4-3-5-13(21(2,19)20)14(11)16(10)18/h3-8H,1-2H3. The number of benzene rings is 2. The molecule has 1 aliphatic rings. The van der Waals surface area contributed by atoms with E-state index in [-0.39, 0.29) is 27.4 Å².